The zero-order valence-corrected chi connectivity index (χ0v) is 14.9. The van der Waals surface area contributed by atoms with Crippen molar-refractivity contribution in [2.75, 3.05) is 0 Å². The van der Waals surface area contributed by atoms with E-state index in [4.69, 9.17) is 9.26 Å². The number of halogens is 3. The number of fused-ring (bicyclic) bond motifs is 1. The van der Waals surface area contributed by atoms with E-state index in [1.165, 1.54) is 6.07 Å². The molecule has 0 aliphatic rings. The molecule has 0 aliphatic heterocycles. The summed E-state index contributed by atoms with van der Waals surface area (Å²) in [7, 11) is 0. The molecule has 4 aromatic rings. The van der Waals surface area contributed by atoms with Crippen LogP contribution in [0.1, 0.15) is 12.5 Å². The first-order chi connectivity index (χ1) is 13.3. The first-order valence-electron chi connectivity index (χ1n) is 8.43. The number of nitrogens with zero attached hydrogens (tertiary/aromatic N) is 3. The molecule has 144 valence electrons. The summed E-state index contributed by atoms with van der Waals surface area (Å²) >= 11 is 0. The predicted octanol–water partition coefficient (Wildman–Crippen LogP) is 4.92. The van der Waals surface area contributed by atoms with E-state index in [0.717, 1.165) is 23.5 Å². The van der Waals surface area contributed by atoms with Gasteiger partial charge in [0.25, 0.3) is 5.89 Å². The summed E-state index contributed by atoms with van der Waals surface area (Å²) in [6.45, 7) is 2.62. The van der Waals surface area contributed by atoms with E-state index < -0.39 is 12.3 Å². The fraction of sp³-hybridized carbons (Fsp3) is 0.211. The van der Waals surface area contributed by atoms with Gasteiger partial charge in [-0.15, -0.1) is 0 Å². The van der Waals surface area contributed by atoms with Crippen molar-refractivity contribution < 1.29 is 22.4 Å². The van der Waals surface area contributed by atoms with Crippen LogP contribution in [0, 0.1) is 6.92 Å². The number of hydrogen-bond donors (Lipinski definition) is 1. The first kappa shape index (κ1) is 18.0. The molecule has 0 bridgehead atoms. The highest BCUT2D eigenvalue weighted by atomic mass is 19.4. The Bertz CT molecular complexity index is 1130. The number of hydrogen-bond acceptors (Lipinski definition) is 5. The Hall–Kier alpha value is -3.36. The minimum atomic E-state index is -4.43. The molecule has 0 fully saturated rings. The van der Waals surface area contributed by atoms with Crippen LogP contribution in [0.5, 0.6) is 5.75 Å². The zero-order chi connectivity index (χ0) is 19.9. The van der Waals surface area contributed by atoms with Gasteiger partial charge in [-0.1, -0.05) is 5.16 Å². The molecule has 28 heavy (non-hydrogen) atoms. The summed E-state index contributed by atoms with van der Waals surface area (Å²) in [6, 6.07) is 10.2. The standard InChI is InChI=1S/C19H15F3N4O2/c1-10-7-13(4-6-16(10)27-11(2)19(20,21)22)18-25-17(26-28-18)12-3-5-14-15(8-12)24-9-23-14/h3-9,11H,1-2H3,(H,23,24)/t11-/m0/s1. The molecular formula is C19H15F3N4O2. The summed E-state index contributed by atoms with van der Waals surface area (Å²) in [5.74, 6) is 0.811. The van der Waals surface area contributed by atoms with Crippen LogP contribution >= 0.6 is 0 Å². The molecule has 2 aromatic carbocycles. The van der Waals surface area contributed by atoms with Crippen LogP contribution < -0.4 is 4.74 Å². The van der Waals surface area contributed by atoms with Crippen LogP contribution in [0.25, 0.3) is 33.9 Å². The average Bonchev–Trinajstić information content (AvgIpc) is 3.31. The van der Waals surface area contributed by atoms with Gasteiger partial charge in [0.15, 0.2) is 6.10 Å². The number of ether oxygens (including phenoxy) is 1. The molecule has 6 nitrogen and oxygen atoms in total. The molecule has 0 unspecified atom stereocenters. The second kappa shape index (κ2) is 6.66. The van der Waals surface area contributed by atoms with Gasteiger partial charge in [0.1, 0.15) is 5.75 Å². The van der Waals surface area contributed by atoms with E-state index in [1.54, 1.807) is 25.4 Å². The SMILES string of the molecule is Cc1cc(-c2nc(-c3ccc4nc[nH]c4c3)no2)ccc1O[C@@H](C)C(F)(F)F. The van der Waals surface area contributed by atoms with Crippen molar-refractivity contribution in [2.45, 2.75) is 26.1 Å². The fourth-order valence-corrected chi connectivity index (χ4v) is 2.70. The second-order valence-electron chi connectivity index (χ2n) is 6.34. The highest BCUT2D eigenvalue weighted by Gasteiger charge is 2.38. The van der Waals surface area contributed by atoms with Gasteiger partial charge in [-0.2, -0.15) is 18.2 Å². The van der Waals surface area contributed by atoms with Gasteiger partial charge >= 0.3 is 6.18 Å². The van der Waals surface area contributed by atoms with Crippen LogP contribution in [-0.2, 0) is 0 Å². The van der Waals surface area contributed by atoms with Crippen LogP contribution in [-0.4, -0.2) is 32.4 Å². The van der Waals surface area contributed by atoms with Crippen molar-refractivity contribution >= 4 is 11.0 Å². The third-order valence-corrected chi connectivity index (χ3v) is 4.29. The maximum absolute atomic E-state index is 12.7. The molecule has 0 saturated carbocycles. The number of alkyl halides is 3. The lowest BCUT2D eigenvalue weighted by Crippen LogP contribution is -2.31. The molecule has 0 amide bonds. The lowest BCUT2D eigenvalue weighted by molar-refractivity contribution is -0.189. The number of aryl methyl sites for hydroxylation is 1. The molecule has 0 saturated heterocycles. The number of imidazole rings is 1. The third kappa shape index (κ3) is 3.42. The fourth-order valence-electron chi connectivity index (χ4n) is 2.70. The molecule has 0 aliphatic carbocycles. The number of H-pyrrole nitrogens is 1. The first-order valence-corrected chi connectivity index (χ1v) is 8.43. The molecular weight excluding hydrogens is 373 g/mol. The minimum Gasteiger partial charge on any atom is -0.481 e. The quantitative estimate of drug-likeness (QED) is 0.537. The zero-order valence-electron chi connectivity index (χ0n) is 14.9. The number of nitrogens with one attached hydrogen (secondary N) is 1. The van der Waals surface area contributed by atoms with Crippen molar-refractivity contribution in [3.05, 3.63) is 48.3 Å². The summed E-state index contributed by atoms with van der Waals surface area (Å²) in [6.07, 6.45) is -4.73. The number of aromatic amines is 1. The van der Waals surface area contributed by atoms with Crippen molar-refractivity contribution in [2.24, 2.45) is 0 Å². The topological polar surface area (TPSA) is 76.8 Å². The predicted molar refractivity (Wildman–Crippen MR) is 95.7 cm³/mol. The Labute approximate surface area is 157 Å². The Balaban J connectivity index is 1.59. The minimum absolute atomic E-state index is 0.151. The Morgan fingerprint density at radius 2 is 1.89 bits per heavy atom. The van der Waals surface area contributed by atoms with E-state index in [2.05, 4.69) is 20.1 Å². The maximum Gasteiger partial charge on any atom is 0.425 e. The van der Waals surface area contributed by atoms with E-state index >= 15 is 0 Å². The van der Waals surface area contributed by atoms with Crippen molar-refractivity contribution in [3.63, 3.8) is 0 Å². The summed E-state index contributed by atoms with van der Waals surface area (Å²) in [5.41, 5.74) is 3.55. The average molecular weight is 388 g/mol. The highest BCUT2D eigenvalue weighted by molar-refractivity contribution is 5.80. The lowest BCUT2D eigenvalue weighted by Gasteiger charge is -2.19. The lowest BCUT2D eigenvalue weighted by atomic mass is 10.1. The normalized spacial score (nSPS) is 13.0. The Kier molecular flexibility index (Phi) is 4.29. The summed E-state index contributed by atoms with van der Waals surface area (Å²) in [5, 5.41) is 3.99. The largest absolute Gasteiger partial charge is 0.481 e. The molecule has 2 aromatic heterocycles. The van der Waals surface area contributed by atoms with Crippen molar-refractivity contribution in [1.82, 2.24) is 20.1 Å². The molecule has 0 radical (unpaired) electrons. The Morgan fingerprint density at radius 1 is 1.11 bits per heavy atom. The molecule has 4 rings (SSSR count). The molecule has 9 heteroatoms. The molecule has 1 atom stereocenters. The van der Waals surface area contributed by atoms with E-state index in [-0.39, 0.29) is 11.6 Å². The van der Waals surface area contributed by atoms with Gasteiger partial charge in [0.05, 0.1) is 17.4 Å². The molecule has 0 spiro atoms. The van der Waals surface area contributed by atoms with Gasteiger partial charge in [-0.3, -0.25) is 0 Å². The van der Waals surface area contributed by atoms with Crippen LogP contribution in [0.3, 0.4) is 0 Å². The van der Waals surface area contributed by atoms with Crippen LogP contribution in [0.15, 0.2) is 47.2 Å². The highest BCUT2D eigenvalue weighted by Crippen LogP contribution is 2.30. The third-order valence-electron chi connectivity index (χ3n) is 4.29. The molecule has 1 N–H and O–H groups in total. The monoisotopic (exact) mass is 388 g/mol. The Morgan fingerprint density at radius 3 is 2.64 bits per heavy atom. The second-order valence-corrected chi connectivity index (χ2v) is 6.34. The van der Waals surface area contributed by atoms with Crippen LogP contribution in [0.2, 0.25) is 0 Å². The van der Waals surface area contributed by atoms with Gasteiger partial charge in [0, 0.05) is 11.1 Å². The van der Waals surface area contributed by atoms with Gasteiger partial charge < -0.3 is 14.2 Å². The van der Waals surface area contributed by atoms with Gasteiger partial charge in [-0.05, 0) is 55.8 Å². The van der Waals surface area contributed by atoms with E-state index in [9.17, 15) is 13.2 Å². The summed E-state index contributed by atoms with van der Waals surface area (Å²) in [4.78, 5) is 11.6. The number of rotatable bonds is 4. The van der Waals surface area contributed by atoms with Gasteiger partial charge in [0.2, 0.25) is 5.82 Å². The number of benzene rings is 2. The van der Waals surface area contributed by atoms with Crippen molar-refractivity contribution in [1.29, 1.82) is 0 Å². The van der Waals surface area contributed by atoms with E-state index in [1.807, 2.05) is 18.2 Å². The van der Waals surface area contributed by atoms with E-state index in [0.29, 0.717) is 17.0 Å². The van der Waals surface area contributed by atoms with Gasteiger partial charge in [-0.25, -0.2) is 4.98 Å². The number of aromatic nitrogens is 4. The summed E-state index contributed by atoms with van der Waals surface area (Å²) < 4.78 is 48.4. The maximum atomic E-state index is 12.7. The van der Waals surface area contributed by atoms with Crippen LogP contribution in [0.4, 0.5) is 13.2 Å². The van der Waals surface area contributed by atoms with Crippen molar-refractivity contribution in [3.8, 4) is 28.6 Å². The smallest absolute Gasteiger partial charge is 0.425 e. The molecule has 2 heterocycles.